The lowest BCUT2D eigenvalue weighted by molar-refractivity contribution is -0.140. The standard InChI is InChI=1S/C11H15FN2O4S/c1-18-11(15)3-2-6-19(16,17)14-8-4-5-10(13)9(12)7-8/h4-5,7,14H,2-3,6,13H2,1H3. The Balaban J connectivity index is 2.59. The van der Waals surface area contributed by atoms with Gasteiger partial charge >= 0.3 is 5.97 Å². The molecular weight excluding hydrogens is 275 g/mol. The highest BCUT2D eigenvalue weighted by atomic mass is 32.2. The Morgan fingerprint density at radius 2 is 2.16 bits per heavy atom. The topological polar surface area (TPSA) is 98.5 Å². The summed E-state index contributed by atoms with van der Waals surface area (Å²) in [6.45, 7) is 0. The zero-order valence-corrected chi connectivity index (χ0v) is 11.2. The van der Waals surface area contributed by atoms with Gasteiger partial charge in [-0.15, -0.1) is 0 Å². The van der Waals surface area contributed by atoms with E-state index in [-0.39, 0.29) is 30.0 Å². The van der Waals surface area contributed by atoms with E-state index in [9.17, 15) is 17.6 Å². The smallest absolute Gasteiger partial charge is 0.305 e. The summed E-state index contributed by atoms with van der Waals surface area (Å²) in [5.74, 6) is -1.43. The fourth-order valence-electron chi connectivity index (χ4n) is 1.33. The molecule has 0 bridgehead atoms. The van der Waals surface area contributed by atoms with Crippen molar-refractivity contribution in [3.05, 3.63) is 24.0 Å². The minimum atomic E-state index is -3.63. The van der Waals surface area contributed by atoms with Gasteiger partial charge in [-0.05, 0) is 18.6 Å². The number of ether oxygens (including phenoxy) is 1. The Labute approximate surface area is 110 Å². The van der Waals surface area contributed by atoms with Gasteiger partial charge in [-0.25, -0.2) is 12.8 Å². The van der Waals surface area contributed by atoms with Crippen LogP contribution in [-0.4, -0.2) is 27.2 Å². The van der Waals surface area contributed by atoms with Crippen molar-refractivity contribution >= 4 is 27.4 Å². The molecule has 0 atom stereocenters. The lowest BCUT2D eigenvalue weighted by Gasteiger charge is -2.08. The Morgan fingerprint density at radius 1 is 1.47 bits per heavy atom. The second kappa shape index (κ2) is 6.37. The van der Waals surface area contributed by atoms with Crippen molar-refractivity contribution in [3.8, 4) is 0 Å². The van der Waals surface area contributed by atoms with Crippen LogP contribution in [0.5, 0.6) is 0 Å². The molecule has 0 aliphatic rings. The molecule has 0 aliphatic heterocycles. The van der Waals surface area contributed by atoms with Crippen LogP contribution < -0.4 is 10.5 Å². The largest absolute Gasteiger partial charge is 0.469 e. The van der Waals surface area contributed by atoms with Crippen LogP contribution in [0.1, 0.15) is 12.8 Å². The summed E-state index contributed by atoms with van der Waals surface area (Å²) in [4.78, 5) is 10.8. The van der Waals surface area contributed by atoms with Crippen molar-refractivity contribution < 1.29 is 22.3 Å². The molecule has 0 aromatic heterocycles. The maximum atomic E-state index is 13.1. The van der Waals surface area contributed by atoms with E-state index < -0.39 is 21.8 Å². The fourth-order valence-corrected chi connectivity index (χ4v) is 2.44. The molecule has 0 saturated heterocycles. The number of nitrogens with two attached hydrogens (primary N) is 1. The molecule has 0 amide bonds. The van der Waals surface area contributed by atoms with E-state index in [1.807, 2.05) is 0 Å². The SMILES string of the molecule is COC(=O)CCCS(=O)(=O)Nc1ccc(N)c(F)c1. The number of hydrogen-bond donors (Lipinski definition) is 2. The molecule has 0 fully saturated rings. The first-order chi connectivity index (χ1) is 8.84. The van der Waals surface area contributed by atoms with E-state index >= 15 is 0 Å². The molecule has 6 nitrogen and oxygen atoms in total. The van der Waals surface area contributed by atoms with Gasteiger partial charge in [0.2, 0.25) is 10.0 Å². The zero-order valence-electron chi connectivity index (χ0n) is 10.3. The van der Waals surface area contributed by atoms with Gasteiger partial charge in [-0.3, -0.25) is 9.52 Å². The van der Waals surface area contributed by atoms with Crippen LogP contribution in [0.2, 0.25) is 0 Å². The van der Waals surface area contributed by atoms with Crippen LogP contribution in [0.15, 0.2) is 18.2 Å². The maximum Gasteiger partial charge on any atom is 0.305 e. The average molecular weight is 290 g/mol. The van der Waals surface area contributed by atoms with Crippen LogP contribution >= 0.6 is 0 Å². The van der Waals surface area contributed by atoms with E-state index in [1.165, 1.54) is 19.2 Å². The first kappa shape index (κ1) is 15.2. The Kier molecular flexibility index (Phi) is 5.11. The number of halogens is 1. The number of nitrogens with one attached hydrogen (secondary N) is 1. The molecule has 0 spiro atoms. The van der Waals surface area contributed by atoms with Crippen LogP contribution in [0.3, 0.4) is 0 Å². The van der Waals surface area contributed by atoms with Gasteiger partial charge in [0.25, 0.3) is 0 Å². The number of nitrogen functional groups attached to an aromatic ring is 1. The third-order valence-electron chi connectivity index (χ3n) is 2.30. The number of carbonyl (C=O) groups excluding carboxylic acids is 1. The van der Waals surface area contributed by atoms with Crippen LogP contribution in [0, 0.1) is 5.82 Å². The summed E-state index contributed by atoms with van der Waals surface area (Å²) in [5, 5.41) is 0. The second-order valence-electron chi connectivity index (χ2n) is 3.84. The Hall–Kier alpha value is -1.83. The van der Waals surface area contributed by atoms with Crippen LogP contribution in [0.4, 0.5) is 15.8 Å². The average Bonchev–Trinajstić information content (AvgIpc) is 2.33. The molecule has 0 heterocycles. The van der Waals surface area contributed by atoms with E-state index in [0.717, 1.165) is 6.07 Å². The highest BCUT2D eigenvalue weighted by Gasteiger charge is 2.12. The Bertz CT molecular complexity index is 560. The number of benzene rings is 1. The number of hydrogen-bond acceptors (Lipinski definition) is 5. The van der Waals surface area contributed by atoms with Crippen molar-refractivity contribution in [1.82, 2.24) is 0 Å². The van der Waals surface area contributed by atoms with E-state index in [0.29, 0.717) is 0 Å². The number of esters is 1. The quantitative estimate of drug-likeness (QED) is 0.604. The number of sulfonamides is 1. The highest BCUT2D eigenvalue weighted by molar-refractivity contribution is 7.92. The molecular formula is C11H15FN2O4S. The van der Waals surface area contributed by atoms with Crippen LogP contribution in [-0.2, 0) is 19.6 Å². The minimum absolute atomic E-state index is 0.00745. The number of methoxy groups -OCH3 is 1. The minimum Gasteiger partial charge on any atom is -0.469 e. The molecule has 1 rings (SSSR count). The molecule has 19 heavy (non-hydrogen) atoms. The normalized spacial score (nSPS) is 11.1. The molecule has 106 valence electrons. The summed E-state index contributed by atoms with van der Waals surface area (Å²) < 4.78 is 43.0. The molecule has 0 aliphatic carbocycles. The number of rotatable bonds is 6. The lowest BCUT2D eigenvalue weighted by Crippen LogP contribution is -2.17. The van der Waals surface area contributed by atoms with Gasteiger partial charge in [0, 0.05) is 12.5 Å². The van der Waals surface area contributed by atoms with Crippen molar-refractivity contribution in [2.24, 2.45) is 0 Å². The molecule has 8 heteroatoms. The summed E-state index contributed by atoms with van der Waals surface area (Å²) in [6, 6.07) is 3.62. The second-order valence-corrected chi connectivity index (χ2v) is 5.68. The Morgan fingerprint density at radius 3 is 2.74 bits per heavy atom. The van der Waals surface area contributed by atoms with Gasteiger partial charge in [0.05, 0.1) is 24.2 Å². The maximum absolute atomic E-state index is 13.1. The third-order valence-corrected chi connectivity index (χ3v) is 3.67. The molecule has 1 aromatic rings. The van der Waals surface area contributed by atoms with Gasteiger partial charge in [0.15, 0.2) is 0 Å². The van der Waals surface area contributed by atoms with Crippen molar-refractivity contribution in [2.75, 3.05) is 23.3 Å². The molecule has 0 radical (unpaired) electrons. The fraction of sp³-hybridized carbons (Fsp3) is 0.364. The number of anilines is 2. The van der Waals surface area contributed by atoms with E-state index in [2.05, 4.69) is 9.46 Å². The molecule has 0 unspecified atom stereocenters. The zero-order chi connectivity index (χ0) is 14.5. The van der Waals surface area contributed by atoms with Gasteiger partial charge in [-0.2, -0.15) is 0 Å². The van der Waals surface area contributed by atoms with E-state index in [4.69, 9.17) is 5.73 Å². The van der Waals surface area contributed by atoms with Gasteiger partial charge in [0.1, 0.15) is 5.82 Å². The summed E-state index contributed by atoms with van der Waals surface area (Å²) >= 11 is 0. The van der Waals surface area contributed by atoms with E-state index in [1.54, 1.807) is 0 Å². The van der Waals surface area contributed by atoms with Gasteiger partial charge < -0.3 is 10.5 Å². The van der Waals surface area contributed by atoms with Crippen molar-refractivity contribution in [3.63, 3.8) is 0 Å². The molecule has 3 N–H and O–H groups in total. The first-order valence-corrected chi connectivity index (χ1v) is 7.11. The van der Waals surface area contributed by atoms with Crippen LogP contribution in [0.25, 0.3) is 0 Å². The lowest BCUT2D eigenvalue weighted by atomic mass is 10.3. The predicted molar refractivity (Wildman–Crippen MR) is 69.5 cm³/mol. The summed E-state index contributed by atoms with van der Waals surface area (Å²) in [5.41, 5.74) is 5.30. The van der Waals surface area contributed by atoms with Crippen molar-refractivity contribution in [2.45, 2.75) is 12.8 Å². The highest BCUT2D eigenvalue weighted by Crippen LogP contribution is 2.17. The van der Waals surface area contributed by atoms with Crippen molar-refractivity contribution in [1.29, 1.82) is 0 Å². The molecule has 0 saturated carbocycles. The third kappa shape index (κ3) is 5.12. The first-order valence-electron chi connectivity index (χ1n) is 5.46. The predicted octanol–water partition coefficient (Wildman–Crippen LogP) is 1.10. The van der Waals surface area contributed by atoms with Gasteiger partial charge in [-0.1, -0.05) is 0 Å². The summed E-state index contributed by atoms with van der Waals surface area (Å²) in [7, 11) is -2.40. The monoisotopic (exact) mass is 290 g/mol. The summed E-state index contributed by atoms with van der Waals surface area (Å²) in [6.07, 6.45) is 0.132. The number of carbonyl (C=O) groups is 1. The molecule has 1 aromatic carbocycles.